The van der Waals surface area contributed by atoms with Gasteiger partial charge < -0.3 is 15.5 Å². The molecule has 3 aromatic rings. The van der Waals surface area contributed by atoms with Crippen LogP contribution in [0.5, 0.6) is 0 Å². The van der Waals surface area contributed by atoms with Crippen LogP contribution in [0.3, 0.4) is 0 Å². The zero-order valence-corrected chi connectivity index (χ0v) is 15.7. The molecule has 5 nitrogen and oxygen atoms in total. The molecule has 0 spiro atoms. The van der Waals surface area contributed by atoms with Crippen LogP contribution in [0.4, 0.5) is 17.1 Å². The van der Waals surface area contributed by atoms with E-state index in [2.05, 4.69) is 34.9 Å². The monoisotopic (exact) mass is 361 g/mol. The number of nitrogens with zero attached hydrogens (tertiary/aromatic N) is 1. The van der Waals surface area contributed by atoms with Crippen LogP contribution in [-0.4, -0.2) is 24.9 Å². The molecule has 0 saturated carbocycles. The maximum atomic E-state index is 12.6. The van der Waals surface area contributed by atoms with E-state index >= 15 is 0 Å². The van der Waals surface area contributed by atoms with Crippen molar-refractivity contribution in [1.29, 1.82) is 0 Å². The van der Waals surface area contributed by atoms with Crippen LogP contribution < -0.4 is 15.5 Å². The first kappa shape index (κ1) is 18.5. The molecule has 2 amide bonds. The number of hydrogen-bond donors (Lipinski definition) is 2. The fourth-order valence-corrected chi connectivity index (χ4v) is 2.88. The predicted molar refractivity (Wildman–Crippen MR) is 111 cm³/mol. The van der Waals surface area contributed by atoms with E-state index in [0.717, 1.165) is 11.1 Å². The second kappa shape index (κ2) is 7.91. The lowest BCUT2D eigenvalue weighted by Crippen LogP contribution is -2.39. The summed E-state index contributed by atoms with van der Waals surface area (Å²) >= 11 is 0. The van der Waals surface area contributed by atoms with Gasteiger partial charge in [0, 0.05) is 31.0 Å². The molecule has 0 aliphatic carbocycles. The highest BCUT2D eigenvalue weighted by atomic mass is 16.2. The molecule has 0 unspecified atom stereocenters. The van der Waals surface area contributed by atoms with Crippen LogP contribution in [0, 0.1) is 0 Å². The van der Waals surface area contributed by atoms with Crippen molar-refractivity contribution in [2.45, 2.75) is 19.9 Å². The zero-order chi connectivity index (χ0) is 19.4. The summed E-state index contributed by atoms with van der Waals surface area (Å²) in [5, 5.41) is 7.93. The highest BCUT2D eigenvalue weighted by molar-refractivity contribution is 5.97. The number of carbonyl (C=O) groups is 2. The Kier molecular flexibility index (Phi) is 5.41. The van der Waals surface area contributed by atoms with Crippen molar-refractivity contribution in [3.63, 3.8) is 0 Å². The summed E-state index contributed by atoms with van der Waals surface area (Å²) < 4.78 is 0. The van der Waals surface area contributed by atoms with Gasteiger partial charge in [-0.1, -0.05) is 30.3 Å². The van der Waals surface area contributed by atoms with Crippen LogP contribution in [0.1, 0.15) is 13.8 Å². The molecule has 0 heterocycles. The van der Waals surface area contributed by atoms with Crippen LogP contribution in [0.2, 0.25) is 0 Å². The fourth-order valence-electron chi connectivity index (χ4n) is 2.88. The summed E-state index contributed by atoms with van der Waals surface area (Å²) in [7, 11) is 1.91. The highest BCUT2D eigenvalue weighted by Crippen LogP contribution is 2.23. The molecule has 3 rings (SSSR count). The molecule has 0 fully saturated rings. The zero-order valence-electron chi connectivity index (χ0n) is 15.7. The molecule has 138 valence electrons. The SMILES string of the molecule is CC(=O)Nc1ccc(NC(=O)[C@@H](C)N(C)c2ccc3ccccc3c2)cc1. The van der Waals surface area contributed by atoms with Gasteiger partial charge in [-0.3, -0.25) is 9.59 Å². The van der Waals surface area contributed by atoms with Crippen LogP contribution in [-0.2, 0) is 9.59 Å². The van der Waals surface area contributed by atoms with Crippen molar-refractivity contribution < 1.29 is 9.59 Å². The summed E-state index contributed by atoms with van der Waals surface area (Å²) in [5.74, 6) is -0.227. The molecule has 2 N–H and O–H groups in total. The smallest absolute Gasteiger partial charge is 0.246 e. The minimum absolute atomic E-state index is 0.0991. The second-order valence-corrected chi connectivity index (χ2v) is 6.57. The van der Waals surface area contributed by atoms with E-state index in [-0.39, 0.29) is 17.9 Å². The number of fused-ring (bicyclic) bond motifs is 1. The van der Waals surface area contributed by atoms with Crippen molar-refractivity contribution in [3.8, 4) is 0 Å². The Morgan fingerprint density at radius 3 is 2.07 bits per heavy atom. The predicted octanol–water partition coefficient (Wildman–Crippen LogP) is 4.26. The molecule has 0 aliphatic rings. The average Bonchev–Trinajstić information content (AvgIpc) is 2.67. The van der Waals surface area contributed by atoms with Gasteiger partial charge in [0.15, 0.2) is 0 Å². The number of amides is 2. The van der Waals surface area contributed by atoms with E-state index in [9.17, 15) is 9.59 Å². The summed E-state index contributed by atoms with van der Waals surface area (Å²) in [5.41, 5.74) is 2.37. The van der Waals surface area contributed by atoms with Gasteiger partial charge in [-0.25, -0.2) is 0 Å². The van der Waals surface area contributed by atoms with E-state index in [1.807, 2.05) is 37.1 Å². The molecule has 0 aliphatic heterocycles. The summed E-state index contributed by atoms with van der Waals surface area (Å²) in [6.45, 7) is 3.33. The lowest BCUT2D eigenvalue weighted by molar-refractivity contribution is -0.117. The quantitative estimate of drug-likeness (QED) is 0.714. The first-order valence-electron chi connectivity index (χ1n) is 8.84. The first-order chi connectivity index (χ1) is 12.9. The summed E-state index contributed by atoms with van der Waals surface area (Å²) in [6.07, 6.45) is 0. The van der Waals surface area contributed by atoms with E-state index < -0.39 is 0 Å². The number of likely N-dealkylation sites (N-methyl/N-ethyl adjacent to an activating group) is 1. The van der Waals surface area contributed by atoms with Gasteiger partial charge in [0.25, 0.3) is 0 Å². The minimum Gasteiger partial charge on any atom is -0.363 e. The van der Waals surface area contributed by atoms with Crippen molar-refractivity contribution in [3.05, 3.63) is 66.7 Å². The largest absolute Gasteiger partial charge is 0.363 e. The number of rotatable bonds is 5. The lowest BCUT2D eigenvalue weighted by atomic mass is 10.1. The molecule has 3 aromatic carbocycles. The Hall–Kier alpha value is -3.34. The number of carbonyl (C=O) groups excluding carboxylic acids is 2. The Morgan fingerprint density at radius 1 is 0.852 bits per heavy atom. The Bertz CT molecular complexity index is 967. The Morgan fingerprint density at radius 2 is 1.44 bits per heavy atom. The van der Waals surface area contributed by atoms with E-state index in [4.69, 9.17) is 0 Å². The Labute approximate surface area is 159 Å². The third-order valence-electron chi connectivity index (χ3n) is 4.57. The topological polar surface area (TPSA) is 61.4 Å². The van der Waals surface area contributed by atoms with Crippen molar-refractivity contribution in [2.75, 3.05) is 22.6 Å². The van der Waals surface area contributed by atoms with Gasteiger partial charge >= 0.3 is 0 Å². The summed E-state index contributed by atoms with van der Waals surface area (Å²) in [4.78, 5) is 25.7. The molecule has 0 aromatic heterocycles. The molecule has 1 atom stereocenters. The number of nitrogens with one attached hydrogen (secondary N) is 2. The van der Waals surface area contributed by atoms with Gasteiger partial charge in [0.2, 0.25) is 11.8 Å². The number of hydrogen-bond acceptors (Lipinski definition) is 3. The normalized spacial score (nSPS) is 11.7. The summed E-state index contributed by atoms with van der Waals surface area (Å²) in [6, 6.07) is 21.0. The van der Waals surface area contributed by atoms with E-state index in [1.54, 1.807) is 24.3 Å². The van der Waals surface area contributed by atoms with Crippen LogP contribution in [0.15, 0.2) is 66.7 Å². The van der Waals surface area contributed by atoms with Crippen LogP contribution in [0.25, 0.3) is 10.8 Å². The third kappa shape index (κ3) is 4.44. The maximum Gasteiger partial charge on any atom is 0.246 e. The van der Waals surface area contributed by atoms with Crippen molar-refractivity contribution in [1.82, 2.24) is 0 Å². The fraction of sp³-hybridized carbons (Fsp3) is 0.182. The third-order valence-corrected chi connectivity index (χ3v) is 4.57. The highest BCUT2D eigenvalue weighted by Gasteiger charge is 2.19. The first-order valence-corrected chi connectivity index (χ1v) is 8.84. The van der Waals surface area contributed by atoms with Gasteiger partial charge in [0.1, 0.15) is 6.04 Å². The molecule has 5 heteroatoms. The molecule has 0 radical (unpaired) electrons. The second-order valence-electron chi connectivity index (χ2n) is 6.57. The van der Waals surface area contributed by atoms with Gasteiger partial charge in [-0.15, -0.1) is 0 Å². The number of benzene rings is 3. The minimum atomic E-state index is -0.346. The molecule has 0 saturated heterocycles. The maximum absolute atomic E-state index is 12.6. The molecule has 0 bridgehead atoms. The lowest BCUT2D eigenvalue weighted by Gasteiger charge is -2.26. The molecule has 27 heavy (non-hydrogen) atoms. The molecular formula is C22H23N3O2. The average molecular weight is 361 g/mol. The van der Waals surface area contributed by atoms with Gasteiger partial charge in [-0.05, 0) is 54.1 Å². The van der Waals surface area contributed by atoms with E-state index in [0.29, 0.717) is 11.4 Å². The standard InChI is InChI=1S/C22H23N3O2/c1-15(22(27)24-20-11-9-19(10-12-20)23-16(2)26)25(3)21-13-8-17-6-4-5-7-18(17)14-21/h4-15H,1-3H3,(H,23,26)(H,24,27)/t15-/m1/s1. The number of anilines is 3. The van der Waals surface area contributed by atoms with Crippen molar-refractivity contribution >= 4 is 39.6 Å². The van der Waals surface area contributed by atoms with Crippen LogP contribution >= 0.6 is 0 Å². The Balaban J connectivity index is 1.69. The van der Waals surface area contributed by atoms with E-state index in [1.165, 1.54) is 12.3 Å². The van der Waals surface area contributed by atoms with Gasteiger partial charge in [0.05, 0.1) is 0 Å². The molecular weight excluding hydrogens is 338 g/mol. The van der Waals surface area contributed by atoms with Gasteiger partial charge in [-0.2, -0.15) is 0 Å². The van der Waals surface area contributed by atoms with Crippen molar-refractivity contribution in [2.24, 2.45) is 0 Å².